The molecule has 0 fully saturated rings. The molecule has 1 unspecified atom stereocenters. The minimum Gasteiger partial charge on any atom is -0.118 e. The predicted molar refractivity (Wildman–Crippen MR) is 42.5 cm³/mol. The molecule has 0 radical (unpaired) electrons. The van der Waals surface area contributed by atoms with Crippen LogP contribution >= 0.6 is 16.5 Å². The zero-order valence-electron chi connectivity index (χ0n) is 5.36. The molecule has 0 aromatic carbocycles. The molecule has 0 aromatic rings. The third-order valence-corrected chi connectivity index (χ3v) is 4.60. The Labute approximate surface area is 49.6 Å². The average Bonchev–Trinajstić information content (AvgIpc) is 1.61. The Morgan fingerprint density at radius 2 is 2.00 bits per heavy atom. The highest BCUT2D eigenvalue weighted by molar-refractivity contribution is 7.66. The predicted octanol–water partition coefficient (Wildman–Crippen LogP) is 2.38. The Morgan fingerprint density at radius 1 is 1.43 bits per heavy atom. The van der Waals surface area contributed by atoms with Gasteiger partial charge in [0, 0.05) is 0 Å². The van der Waals surface area contributed by atoms with Gasteiger partial charge in [-0.05, 0) is 25.4 Å². The molecule has 0 aliphatic carbocycles. The molecule has 0 N–H and O–H groups in total. The third-order valence-electron chi connectivity index (χ3n) is 0.678. The van der Waals surface area contributed by atoms with Crippen LogP contribution in [0, 0.1) is 0 Å². The van der Waals surface area contributed by atoms with Crippen molar-refractivity contribution in [3.05, 3.63) is 0 Å². The molecule has 0 aliphatic heterocycles. The zero-order valence-corrected chi connectivity index (χ0v) is 7.26. The normalized spacial score (nSPS) is 12.0. The van der Waals surface area contributed by atoms with Crippen molar-refractivity contribution in [1.29, 1.82) is 0 Å². The first-order chi connectivity index (χ1) is 3.27. The monoisotopic (exact) mass is 136 g/mol. The van der Waals surface area contributed by atoms with Crippen molar-refractivity contribution < 1.29 is 0 Å². The van der Waals surface area contributed by atoms with Crippen LogP contribution in [0.3, 0.4) is 0 Å². The SMILES string of the molecule is CCPCP(C)C. The Bertz CT molecular complexity index is 35.1. The van der Waals surface area contributed by atoms with E-state index < -0.39 is 0 Å². The zero-order chi connectivity index (χ0) is 5.70. The highest BCUT2D eigenvalue weighted by Crippen LogP contribution is 2.32. The summed E-state index contributed by atoms with van der Waals surface area (Å²) < 4.78 is 0. The Morgan fingerprint density at radius 3 is 2.14 bits per heavy atom. The van der Waals surface area contributed by atoms with E-state index in [0.717, 1.165) is 0 Å². The summed E-state index contributed by atoms with van der Waals surface area (Å²) in [5.41, 5.74) is 0. The topological polar surface area (TPSA) is 0 Å². The van der Waals surface area contributed by atoms with Gasteiger partial charge < -0.3 is 0 Å². The summed E-state index contributed by atoms with van der Waals surface area (Å²) in [5, 5.41) is 0. The maximum absolute atomic E-state index is 2.35. The molecule has 0 saturated heterocycles. The fourth-order valence-corrected chi connectivity index (χ4v) is 3.02. The van der Waals surface area contributed by atoms with E-state index >= 15 is 0 Å². The molecule has 0 spiro atoms. The summed E-state index contributed by atoms with van der Waals surface area (Å²) in [6, 6.07) is 0. The summed E-state index contributed by atoms with van der Waals surface area (Å²) in [6.07, 6.45) is 1.39. The van der Waals surface area contributed by atoms with Gasteiger partial charge in [-0.2, -0.15) is 0 Å². The molecule has 0 nitrogen and oxygen atoms in total. The van der Waals surface area contributed by atoms with E-state index in [4.69, 9.17) is 0 Å². The van der Waals surface area contributed by atoms with Crippen molar-refractivity contribution in [2.24, 2.45) is 0 Å². The van der Waals surface area contributed by atoms with Crippen molar-refractivity contribution in [3.63, 3.8) is 0 Å². The van der Waals surface area contributed by atoms with E-state index in [-0.39, 0.29) is 0 Å². The van der Waals surface area contributed by atoms with Gasteiger partial charge in [0.1, 0.15) is 0 Å². The second kappa shape index (κ2) is 5.01. The van der Waals surface area contributed by atoms with E-state index in [0.29, 0.717) is 7.92 Å². The number of hydrogen-bond acceptors (Lipinski definition) is 0. The standard InChI is InChI=1S/C5H14P2/c1-4-6-5-7(2)3/h6H,4-5H2,1-3H3. The summed E-state index contributed by atoms with van der Waals surface area (Å²) >= 11 is 0. The second-order valence-electron chi connectivity index (χ2n) is 1.84. The first-order valence-corrected chi connectivity index (χ1v) is 6.46. The van der Waals surface area contributed by atoms with Crippen molar-refractivity contribution in [3.8, 4) is 0 Å². The van der Waals surface area contributed by atoms with Gasteiger partial charge in [0.05, 0.1) is 0 Å². The van der Waals surface area contributed by atoms with E-state index in [9.17, 15) is 0 Å². The van der Waals surface area contributed by atoms with Gasteiger partial charge in [0.25, 0.3) is 0 Å². The quantitative estimate of drug-likeness (QED) is 0.522. The van der Waals surface area contributed by atoms with Crippen molar-refractivity contribution in [2.75, 3.05) is 25.4 Å². The highest BCUT2D eigenvalue weighted by Gasteiger charge is 1.87. The fraction of sp³-hybridized carbons (Fsp3) is 1.00. The summed E-state index contributed by atoms with van der Waals surface area (Å²) in [6.45, 7) is 6.95. The molecule has 0 heterocycles. The largest absolute Gasteiger partial charge is 0.118 e. The lowest BCUT2D eigenvalue weighted by molar-refractivity contribution is 1.51. The number of rotatable bonds is 3. The molecule has 2 heteroatoms. The molecule has 0 amide bonds. The first-order valence-electron chi connectivity index (χ1n) is 2.62. The lowest BCUT2D eigenvalue weighted by atomic mass is 11.0. The molecule has 1 atom stereocenters. The molecule has 0 aliphatic rings. The van der Waals surface area contributed by atoms with Crippen LogP contribution in [0.2, 0.25) is 0 Å². The fourth-order valence-electron chi connectivity index (χ4n) is 0.335. The van der Waals surface area contributed by atoms with E-state index in [1.54, 1.807) is 0 Å². The molecule has 0 saturated carbocycles. The van der Waals surface area contributed by atoms with Crippen molar-refractivity contribution in [2.45, 2.75) is 6.92 Å². The van der Waals surface area contributed by atoms with Crippen LogP contribution in [0.1, 0.15) is 6.92 Å². The second-order valence-corrected chi connectivity index (χ2v) is 6.47. The third kappa shape index (κ3) is 6.86. The van der Waals surface area contributed by atoms with E-state index in [2.05, 4.69) is 20.3 Å². The lowest BCUT2D eigenvalue weighted by Gasteiger charge is -2.00. The Kier molecular flexibility index (Phi) is 5.62. The smallest absolute Gasteiger partial charge is 0.0153 e. The minimum absolute atomic E-state index is 0.406. The van der Waals surface area contributed by atoms with Gasteiger partial charge in [0.15, 0.2) is 0 Å². The number of hydrogen-bond donors (Lipinski definition) is 0. The van der Waals surface area contributed by atoms with Gasteiger partial charge in [-0.15, -0.1) is 16.5 Å². The minimum atomic E-state index is 0.406. The van der Waals surface area contributed by atoms with Crippen LogP contribution in [0.25, 0.3) is 0 Å². The first kappa shape index (κ1) is 7.86. The van der Waals surface area contributed by atoms with Crippen LogP contribution in [0.15, 0.2) is 0 Å². The summed E-state index contributed by atoms with van der Waals surface area (Å²) in [5.74, 6) is 1.49. The lowest BCUT2D eigenvalue weighted by Crippen LogP contribution is -1.69. The maximum atomic E-state index is 2.35. The molecular weight excluding hydrogens is 122 g/mol. The molecule has 7 heavy (non-hydrogen) atoms. The van der Waals surface area contributed by atoms with Crippen LogP contribution in [-0.4, -0.2) is 25.4 Å². The van der Waals surface area contributed by atoms with Crippen molar-refractivity contribution in [1.82, 2.24) is 0 Å². The Balaban J connectivity index is 2.68. The van der Waals surface area contributed by atoms with Crippen LogP contribution in [-0.2, 0) is 0 Å². The van der Waals surface area contributed by atoms with Gasteiger partial charge in [-0.25, -0.2) is 0 Å². The van der Waals surface area contributed by atoms with Gasteiger partial charge in [-0.3, -0.25) is 0 Å². The molecule has 0 bridgehead atoms. The van der Waals surface area contributed by atoms with Crippen LogP contribution in [0.5, 0.6) is 0 Å². The van der Waals surface area contributed by atoms with Crippen molar-refractivity contribution >= 4 is 16.5 Å². The van der Waals surface area contributed by atoms with Gasteiger partial charge >= 0.3 is 0 Å². The highest BCUT2D eigenvalue weighted by atomic mass is 31.2. The molecule has 0 rings (SSSR count). The van der Waals surface area contributed by atoms with Crippen LogP contribution in [0.4, 0.5) is 0 Å². The molecule has 0 aromatic heterocycles. The summed E-state index contributed by atoms with van der Waals surface area (Å²) in [7, 11) is 1.63. The van der Waals surface area contributed by atoms with Crippen LogP contribution < -0.4 is 0 Å². The van der Waals surface area contributed by atoms with Gasteiger partial charge in [0.2, 0.25) is 0 Å². The molecular formula is C5H14P2. The summed E-state index contributed by atoms with van der Waals surface area (Å²) in [4.78, 5) is 0. The van der Waals surface area contributed by atoms with Gasteiger partial charge in [-0.1, -0.05) is 6.92 Å². The van der Waals surface area contributed by atoms with E-state index in [1.807, 2.05) is 0 Å². The maximum Gasteiger partial charge on any atom is -0.0153 e. The van der Waals surface area contributed by atoms with E-state index in [1.165, 1.54) is 20.6 Å². The Hall–Kier alpha value is 0.860. The average molecular weight is 136 g/mol. The molecule has 44 valence electrons.